The topological polar surface area (TPSA) is 105 Å². The van der Waals surface area contributed by atoms with Crippen LogP contribution in [0, 0.1) is 6.92 Å². The van der Waals surface area contributed by atoms with Gasteiger partial charge in [-0.15, -0.1) is 0 Å². The highest BCUT2D eigenvalue weighted by Crippen LogP contribution is 2.22. The molecule has 0 fully saturated rings. The molecule has 9 nitrogen and oxygen atoms in total. The quantitative estimate of drug-likeness (QED) is 0.425. The first-order valence-electron chi connectivity index (χ1n) is 10.7. The first-order chi connectivity index (χ1) is 15.8. The van der Waals surface area contributed by atoms with Crippen LogP contribution in [0.2, 0.25) is 0 Å². The molecule has 0 aliphatic heterocycles. The van der Waals surface area contributed by atoms with E-state index in [0.717, 1.165) is 11.1 Å². The molecule has 0 amide bonds. The second-order valence-corrected chi connectivity index (χ2v) is 8.08. The van der Waals surface area contributed by atoms with E-state index >= 15 is 0 Å². The standard InChI is InChI=1S/C24H27N5O4/c1-16-9-7-8-12-19(16)33-15-18(30)14-29-20-21(28(3)24(32)26-22(20)31)25-23(29)27(2)13-17-10-5-4-6-11-17/h4-12,18,30H,13-15H2,1-3H3,(H,26,31,32)/t18-/m0/s1. The number of rotatable bonds is 8. The molecule has 2 heterocycles. The number of nitrogens with zero attached hydrogens (tertiary/aromatic N) is 4. The first-order valence-corrected chi connectivity index (χ1v) is 10.7. The second-order valence-electron chi connectivity index (χ2n) is 8.08. The van der Waals surface area contributed by atoms with Crippen molar-refractivity contribution in [1.29, 1.82) is 0 Å². The van der Waals surface area contributed by atoms with Crippen LogP contribution >= 0.6 is 0 Å². The van der Waals surface area contributed by atoms with E-state index in [0.29, 0.717) is 18.2 Å². The highest BCUT2D eigenvalue weighted by atomic mass is 16.5. The molecule has 9 heteroatoms. The molecule has 0 radical (unpaired) electrons. The van der Waals surface area contributed by atoms with Crippen LogP contribution in [0.3, 0.4) is 0 Å². The smallest absolute Gasteiger partial charge is 0.329 e. The number of aryl methyl sites for hydroxylation is 2. The number of fused-ring (bicyclic) bond motifs is 1. The summed E-state index contributed by atoms with van der Waals surface area (Å²) in [5.41, 5.74) is 1.41. The summed E-state index contributed by atoms with van der Waals surface area (Å²) < 4.78 is 8.73. The van der Waals surface area contributed by atoms with Gasteiger partial charge < -0.3 is 19.3 Å². The van der Waals surface area contributed by atoms with Crippen LogP contribution in [0.15, 0.2) is 64.2 Å². The number of aromatic amines is 1. The minimum Gasteiger partial charge on any atom is -0.491 e. The maximum Gasteiger partial charge on any atom is 0.329 e. The van der Waals surface area contributed by atoms with Crippen molar-refractivity contribution in [3.8, 4) is 5.75 Å². The Balaban J connectivity index is 1.68. The number of ether oxygens (including phenoxy) is 1. The van der Waals surface area contributed by atoms with Crippen molar-refractivity contribution < 1.29 is 9.84 Å². The van der Waals surface area contributed by atoms with Crippen LogP contribution in [0.25, 0.3) is 11.2 Å². The lowest BCUT2D eigenvalue weighted by molar-refractivity contribution is 0.0933. The third-order valence-corrected chi connectivity index (χ3v) is 5.51. The van der Waals surface area contributed by atoms with Gasteiger partial charge in [0, 0.05) is 20.6 Å². The van der Waals surface area contributed by atoms with Crippen molar-refractivity contribution in [3.05, 3.63) is 86.6 Å². The lowest BCUT2D eigenvalue weighted by Gasteiger charge is -2.21. The number of hydrogen-bond donors (Lipinski definition) is 2. The molecule has 172 valence electrons. The van der Waals surface area contributed by atoms with E-state index in [-0.39, 0.29) is 24.3 Å². The van der Waals surface area contributed by atoms with Crippen LogP contribution in [0.5, 0.6) is 5.75 Å². The summed E-state index contributed by atoms with van der Waals surface area (Å²) in [7, 11) is 3.41. The molecule has 1 atom stereocenters. The maximum absolute atomic E-state index is 12.7. The van der Waals surface area contributed by atoms with E-state index in [2.05, 4.69) is 9.97 Å². The molecule has 0 saturated carbocycles. The zero-order valence-corrected chi connectivity index (χ0v) is 18.9. The van der Waals surface area contributed by atoms with Crippen molar-refractivity contribution in [2.24, 2.45) is 7.05 Å². The third kappa shape index (κ3) is 4.68. The predicted octanol–water partition coefficient (Wildman–Crippen LogP) is 1.81. The normalized spacial score (nSPS) is 12.1. The van der Waals surface area contributed by atoms with E-state index < -0.39 is 17.4 Å². The molecule has 2 aromatic heterocycles. The Bertz CT molecular complexity index is 1370. The van der Waals surface area contributed by atoms with Gasteiger partial charge in [-0.3, -0.25) is 14.3 Å². The number of nitrogens with one attached hydrogen (secondary N) is 1. The summed E-state index contributed by atoms with van der Waals surface area (Å²) in [6.45, 7) is 2.57. The number of benzene rings is 2. The molecule has 0 saturated heterocycles. The molecule has 33 heavy (non-hydrogen) atoms. The Hall–Kier alpha value is -3.85. The molecule has 4 aromatic rings. The molecule has 0 bridgehead atoms. The van der Waals surface area contributed by atoms with Gasteiger partial charge >= 0.3 is 5.69 Å². The Labute approximate surface area is 190 Å². The minimum absolute atomic E-state index is 0.0377. The van der Waals surface area contributed by atoms with Gasteiger partial charge in [0.05, 0.1) is 6.54 Å². The number of H-pyrrole nitrogens is 1. The Morgan fingerprint density at radius 3 is 2.55 bits per heavy atom. The van der Waals surface area contributed by atoms with Gasteiger partial charge in [-0.25, -0.2) is 4.79 Å². The SMILES string of the molecule is Cc1ccccc1OC[C@@H](O)Cn1c(N(C)Cc2ccccc2)nc2c1c(=O)[nH]c(=O)n2C. The molecule has 0 aliphatic rings. The Morgan fingerprint density at radius 1 is 1.12 bits per heavy atom. The second kappa shape index (κ2) is 9.33. The van der Waals surface area contributed by atoms with Crippen molar-refractivity contribution in [2.75, 3.05) is 18.6 Å². The molecule has 2 aromatic carbocycles. The molecule has 0 unspecified atom stereocenters. The monoisotopic (exact) mass is 449 g/mol. The van der Waals surface area contributed by atoms with E-state index in [1.165, 1.54) is 4.57 Å². The van der Waals surface area contributed by atoms with E-state index in [9.17, 15) is 14.7 Å². The highest BCUT2D eigenvalue weighted by molar-refractivity contribution is 5.74. The third-order valence-electron chi connectivity index (χ3n) is 5.51. The van der Waals surface area contributed by atoms with E-state index in [1.54, 1.807) is 11.6 Å². The number of anilines is 1. The minimum atomic E-state index is -0.914. The van der Waals surface area contributed by atoms with Gasteiger partial charge in [0.1, 0.15) is 18.5 Å². The lowest BCUT2D eigenvalue weighted by Crippen LogP contribution is -2.31. The average molecular weight is 450 g/mol. The predicted molar refractivity (Wildman–Crippen MR) is 127 cm³/mol. The Kier molecular flexibility index (Phi) is 6.32. The molecular weight excluding hydrogens is 422 g/mol. The van der Waals surface area contributed by atoms with Crippen molar-refractivity contribution >= 4 is 17.1 Å². The van der Waals surface area contributed by atoms with Crippen LogP contribution < -0.4 is 20.9 Å². The van der Waals surface area contributed by atoms with Gasteiger partial charge in [0.2, 0.25) is 5.95 Å². The number of imidazole rings is 1. The zero-order chi connectivity index (χ0) is 23.5. The molecule has 2 N–H and O–H groups in total. The van der Waals surface area contributed by atoms with Crippen molar-refractivity contribution in [1.82, 2.24) is 19.1 Å². The van der Waals surface area contributed by atoms with Gasteiger partial charge in [0.25, 0.3) is 5.56 Å². The van der Waals surface area contributed by atoms with Crippen LogP contribution in [0.4, 0.5) is 5.95 Å². The number of hydrogen-bond acceptors (Lipinski definition) is 6. The number of para-hydroxylation sites is 1. The summed E-state index contributed by atoms with van der Waals surface area (Å²) in [5.74, 6) is 1.16. The summed E-state index contributed by atoms with van der Waals surface area (Å²) in [6, 6.07) is 17.4. The van der Waals surface area contributed by atoms with Gasteiger partial charge in [-0.05, 0) is 24.1 Å². The number of aliphatic hydroxyl groups is 1. The van der Waals surface area contributed by atoms with Gasteiger partial charge in [-0.2, -0.15) is 4.98 Å². The van der Waals surface area contributed by atoms with Crippen LogP contribution in [-0.4, -0.2) is 44.0 Å². The molecule has 0 aliphatic carbocycles. The fraction of sp³-hybridized carbons (Fsp3) is 0.292. The molecular formula is C24H27N5O4. The molecule has 0 spiro atoms. The fourth-order valence-electron chi connectivity index (χ4n) is 3.78. The molecule has 4 rings (SSSR count). The average Bonchev–Trinajstić information content (AvgIpc) is 3.17. The maximum atomic E-state index is 12.7. The van der Waals surface area contributed by atoms with Crippen LogP contribution in [0.1, 0.15) is 11.1 Å². The summed E-state index contributed by atoms with van der Waals surface area (Å²) >= 11 is 0. The van der Waals surface area contributed by atoms with Gasteiger partial charge in [-0.1, -0.05) is 48.5 Å². The summed E-state index contributed by atoms with van der Waals surface area (Å²) in [6.07, 6.45) is -0.914. The van der Waals surface area contributed by atoms with Gasteiger partial charge in [0.15, 0.2) is 11.2 Å². The van der Waals surface area contributed by atoms with E-state index in [1.807, 2.05) is 73.5 Å². The van der Waals surface area contributed by atoms with Crippen molar-refractivity contribution in [3.63, 3.8) is 0 Å². The zero-order valence-electron chi connectivity index (χ0n) is 18.9. The van der Waals surface area contributed by atoms with Crippen LogP contribution in [-0.2, 0) is 20.1 Å². The highest BCUT2D eigenvalue weighted by Gasteiger charge is 2.22. The van der Waals surface area contributed by atoms with E-state index in [4.69, 9.17) is 4.74 Å². The number of aromatic nitrogens is 4. The fourth-order valence-corrected chi connectivity index (χ4v) is 3.78. The first kappa shape index (κ1) is 22.3. The largest absolute Gasteiger partial charge is 0.491 e. The lowest BCUT2D eigenvalue weighted by atomic mass is 10.2. The summed E-state index contributed by atoms with van der Waals surface area (Å²) in [5, 5.41) is 10.8. The van der Waals surface area contributed by atoms with Crippen molar-refractivity contribution in [2.45, 2.75) is 26.1 Å². The number of aliphatic hydroxyl groups excluding tert-OH is 1. The summed E-state index contributed by atoms with van der Waals surface area (Å²) in [4.78, 5) is 33.6. The Morgan fingerprint density at radius 2 is 1.82 bits per heavy atom.